The van der Waals surface area contributed by atoms with E-state index in [2.05, 4.69) is 15.4 Å². The summed E-state index contributed by atoms with van der Waals surface area (Å²) in [6.07, 6.45) is 5.91. The van der Waals surface area contributed by atoms with Crippen LogP contribution in [0.2, 0.25) is 0 Å². The number of aromatic nitrogens is 3. The van der Waals surface area contributed by atoms with Gasteiger partial charge in [0.1, 0.15) is 11.4 Å². The van der Waals surface area contributed by atoms with Gasteiger partial charge in [0.2, 0.25) is 5.91 Å². The molecule has 0 saturated carbocycles. The summed E-state index contributed by atoms with van der Waals surface area (Å²) in [7, 11) is 3.72. The van der Waals surface area contributed by atoms with Crippen molar-refractivity contribution in [2.75, 3.05) is 13.6 Å². The molecule has 2 atom stereocenters. The number of pyridine rings is 1. The molecule has 3 aromatic rings. The van der Waals surface area contributed by atoms with Crippen molar-refractivity contribution in [3.05, 3.63) is 60.3 Å². The number of carbonyl (C=O) groups excluding carboxylic acids is 1. The highest BCUT2D eigenvalue weighted by molar-refractivity contribution is 5.88. The van der Waals surface area contributed by atoms with E-state index < -0.39 is 5.54 Å². The van der Waals surface area contributed by atoms with E-state index in [1.54, 1.807) is 28.0 Å². The van der Waals surface area contributed by atoms with Crippen molar-refractivity contribution in [2.24, 2.45) is 7.05 Å². The van der Waals surface area contributed by atoms with E-state index in [4.69, 9.17) is 0 Å². The molecule has 2 fully saturated rings. The summed E-state index contributed by atoms with van der Waals surface area (Å²) in [6.45, 7) is 0.776. The van der Waals surface area contributed by atoms with Gasteiger partial charge in [-0.15, -0.1) is 0 Å². The number of nitrogens with one attached hydrogen (secondary N) is 1. The van der Waals surface area contributed by atoms with Crippen LogP contribution in [-0.2, 0) is 11.8 Å². The zero-order chi connectivity index (χ0) is 20.9. The molecule has 0 bridgehead atoms. The summed E-state index contributed by atoms with van der Waals surface area (Å²) in [5.74, 6) is -0.113. The van der Waals surface area contributed by atoms with Crippen LogP contribution in [0.5, 0.6) is 0 Å². The molecule has 1 N–H and O–H groups in total. The first-order valence-electron chi connectivity index (χ1n) is 10.2. The summed E-state index contributed by atoms with van der Waals surface area (Å²) in [5, 5.41) is 7.74. The molecule has 154 valence electrons. The standard InChI is InChI=1S/C23H24FN5O/c1-28-12-9-23(22(28)30)8-5-19(27-23)20-14-15(6-10-25-20)17-13-16(3-4-18(17)24)21-7-11-26-29(21)2/h3-4,6-7,10-11,13-14,19,27H,5,8-9,12H2,1-2H3/t19-,23+/m1/s1. The van der Waals surface area contributed by atoms with Crippen LogP contribution < -0.4 is 5.32 Å². The molecule has 7 heteroatoms. The number of benzene rings is 1. The SMILES string of the molecule is CN1CC[C@@]2(CC[C@H](c3cc(-c4cc(-c5ccnn5C)ccc4F)ccn3)N2)C1=O. The summed E-state index contributed by atoms with van der Waals surface area (Å²) in [5.41, 5.74) is 3.51. The number of halogens is 1. The molecule has 4 heterocycles. The number of nitrogens with zero attached hydrogens (tertiary/aromatic N) is 4. The molecule has 2 aliphatic rings. The highest BCUT2D eigenvalue weighted by atomic mass is 19.1. The quantitative estimate of drug-likeness (QED) is 0.726. The number of likely N-dealkylation sites (N-methyl/N-ethyl adjacent to an activating group) is 1. The highest BCUT2D eigenvalue weighted by Crippen LogP contribution is 2.39. The van der Waals surface area contributed by atoms with Crippen LogP contribution in [0.4, 0.5) is 4.39 Å². The molecule has 0 aliphatic carbocycles. The Hall–Kier alpha value is -3.06. The molecular formula is C23H24FN5O. The van der Waals surface area contributed by atoms with Crippen molar-refractivity contribution in [2.45, 2.75) is 30.8 Å². The number of aryl methyl sites for hydroxylation is 1. The number of likely N-dealkylation sites (tertiary alicyclic amines) is 1. The van der Waals surface area contributed by atoms with E-state index >= 15 is 0 Å². The lowest BCUT2D eigenvalue weighted by Crippen LogP contribution is -2.47. The second-order valence-corrected chi connectivity index (χ2v) is 8.30. The number of hydrogen-bond acceptors (Lipinski definition) is 4. The summed E-state index contributed by atoms with van der Waals surface area (Å²) in [6, 6.07) is 10.8. The molecule has 2 aliphatic heterocycles. The molecule has 1 amide bonds. The Balaban J connectivity index is 1.46. The Morgan fingerprint density at radius 1 is 1.10 bits per heavy atom. The molecule has 0 unspecified atom stereocenters. The van der Waals surface area contributed by atoms with Crippen LogP contribution in [-0.4, -0.2) is 44.7 Å². The average molecular weight is 405 g/mol. The van der Waals surface area contributed by atoms with Gasteiger partial charge in [0.15, 0.2) is 0 Å². The maximum absolute atomic E-state index is 14.7. The second-order valence-electron chi connectivity index (χ2n) is 8.30. The van der Waals surface area contributed by atoms with Crippen LogP contribution in [0.25, 0.3) is 22.4 Å². The minimum absolute atomic E-state index is 0.0104. The van der Waals surface area contributed by atoms with E-state index in [9.17, 15) is 9.18 Å². The largest absolute Gasteiger partial charge is 0.344 e. The van der Waals surface area contributed by atoms with Crippen LogP contribution in [0.3, 0.4) is 0 Å². The van der Waals surface area contributed by atoms with E-state index in [0.29, 0.717) is 5.56 Å². The minimum Gasteiger partial charge on any atom is -0.344 e. The summed E-state index contributed by atoms with van der Waals surface area (Å²) < 4.78 is 16.5. The average Bonchev–Trinajstić information content (AvgIpc) is 3.45. The van der Waals surface area contributed by atoms with Crippen molar-refractivity contribution in [3.63, 3.8) is 0 Å². The predicted molar refractivity (Wildman–Crippen MR) is 112 cm³/mol. The van der Waals surface area contributed by atoms with Gasteiger partial charge in [-0.25, -0.2) is 4.39 Å². The third-order valence-electron chi connectivity index (χ3n) is 6.47. The lowest BCUT2D eigenvalue weighted by molar-refractivity contribution is -0.131. The fourth-order valence-corrected chi connectivity index (χ4v) is 4.76. The van der Waals surface area contributed by atoms with Gasteiger partial charge in [0.25, 0.3) is 0 Å². The van der Waals surface area contributed by atoms with Crippen LogP contribution in [0.15, 0.2) is 48.8 Å². The van der Waals surface area contributed by atoms with Gasteiger partial charge < -0.3 is 4.90 Å². The number of rotatable bonds is 3. The maximum Gasteiger partial charge on any atom is 0.242 e. The number of carbonyl (C=O) groups is 1. The summed E-state index contributed by atoms with van der Waals surface area (Å²) >= 11 is 0. The van der Waals surface area contributed by atoms with Gasteiger partial charge in [0.05, 0.1) is 17.4 Å². The minimum atomic E-state index is -0.470. The van der Waals surface area contributed by atoms with Gasteiger partial charge >= 0.3 is 0 Å². The first-order chi connectivity index (χ1) is 14.5. The Morgan fingerprint density at radius 2 is 1.97 bits per heavy atom. The predicted octanol–water partition coefficient (Wildman–Crippen LogP) is 3.31. The monoisotopic (exact) mass is 405 g/mol. The van der Waals surface area contributed by atoms with E-state index in [-0.39, 0.29) is 17.8 Å². The summed E-state index contributed by atoms with van der Waals surface area (Å²) in [4.78, 5) is 18.9. The Kier molecular flexibility index (Phi) is 4.43. The number of hydrogen-bond donors (Lipinski definition) is 1. The zero-order valence-corrected chi connectivity index (χ0v) is 17.1. The Labute approximate surface area is 174 Å². The lowest BCUT2D eigenvalue weighted by atomic mass is 9.96. The first-order valence-corrected chi connectivity index (χ1v) is 10.2. The van der Waals surface area contributed by atoms with Gasteiger partial charge in [-0.05, 0) is 61.2 Å². The molecule has 5 rings (SSSR count). The normalized spacial score (nSPS) is 23.6. The Morgan fingerprint density at radius 3 is 2.70 bits per heavy atom. The van der Waals surface area contributed by atoms with Crippen molar-refractivity contribution in [1.82, 2.24) is 25.0 Å². The van der Waals surface area contributed by atoms with Gasteiger partial charge in [0, 0.05) is 44.2 Å². The van der Waals surface area contributed by atoms with Gasteiger partial charge in [-0.1, -0.05) is 0 Å². The molecule has 1 aromatic carbocycles. The van der Waals surface area contributed by atoms with Gasteiger partial charge in [-0.3, -0.25) is 19.8 Å². The third-order valence-corrected chi connectivity index (χ3v) is 6.47. The molecular weight excluding hydrogens is 381 g/mol. The number of amides is 1. The maximum atomic E-state index is 14.7. The topological polar surface area (TPSA) is 63.1 Å². The van der Waals surface area contributed by atoms with Crippen molar-refractivity contribution in [1.29, 1.82) is 0 Å². The van der Waals surface area contributed by atoms with E-state index in [1.807, 2.05) is 38.4 Å². The van der Waals surface area contributed by atoms with Crippen molar-refractivity contribution in [3.8, 4) is 22.4 Å². The Bertz CT molecular complexity index is 1130. The highest BCUT2D eigenvalue weighted by Gasteiger charge is 2.50. The van der Waals surface area contributed by atoms with Crippen LogP contribution in [0, 0.1) is 5.82 Å². The lowest BCUT2D eigenvalue weighted by Gasteiger charge is -2.23. The van der Waals surface area contributed by atoms with Crippen molar-refractivity contribution < 1.29 is 9.18 Å². The third kappa shape index (κ3) is 3.01. The fourth-order valence-electron chi connectivity index (χ4n) is 4.76. The van der Waals surface area contributed by atoms with E-state index in [1.165, 1.54) is 6.07 Å². The van der Waals surface area contributed by atoms with E-state index in [0.717, 1.165) is 48.3 Å². The molecule has 6 nitrogen and oxygen atoms in total. The van der Waals surface area contributed by atoms with Crippen LogP contribution >= 0.6 is 0 Å². The molecule has 0 radical (unpaired) electrons. The zero-order valence-electron chi connectivity index (χ0n) is 17.1. The molecule has 1 spiro atoms. The first kappa shape index (κ1) is 18.9. The van der Waals surface area contributed by atoms with Gasteiger partial charge in [-0.2, -0.15) is 5.10 Å². The fraction of sp³-hybridized carbons (Fsp3) is 0.348. The molecule has 2 aromatic heterocycles. The second kappa shape index (κ2) is 7.02. The molecule has 30 heavy (non-hydrogen) atoms. The van der Waals surface area contributed by atoms with Crippen molar-refractivity contribution >= 4 is 5.91 Å². The smallest absolute Gasteiger partial charge is 0.242 e. The van der Waals surface area contributed by atoms with Crippen LogP contribution in [0.1, 0.15) is 31.0 Å². The molecule has 2 saturated heterocycles.